The quantitative estimate of drug-likeness (QED) is 0.914. The second-order valence-corrected chi connectivity index (χ2v) is 6.28. The van der Waals surface area contributed by atoms with Crippen LogP contribution in [0.5, 0.6) is 0 Å². The van der Waals surface area contributed by atoms with Crippen LogP contribution in [0, 0.1) is 12.8 Å². The third-order valence-electron chi connectivity index (χ3n) is 4.72. The summed E-state index contributed by atoms with van der Waals surface area (Å²) in [6.45, 7) is 9.31. The van der Waals surface area contributed by atoms with Crippen LogP contribution in [-0.4, -0.2) is 56.0 Å². The highest BCUT2D eigenvalue weighted by molar-refractivity contribution is 5.51. The Morgan fingerprint density at radius 2 is 2.05 bits per heavy atom. The first-order valence-corrected chi connectivity index (χ1v) is 8.01. The van der Waals surface area contributed by atoms with E-state index in [9.17, 15) is 5.11 Å². The van der Waals surface area contributed by atoms with Gasteiger partial charge < -0.3 is 14.7 Å². The Balaban J connectivity index is 1.64. The van der Waals surface area contributed by atoms with E-state index in [1.165, 1.54) is 16.8 Å². The third kappa shape index (κ3) is 3.57. The van der Waals surface area contributed by atoms with Crippen molar-refractivity contribution in [2.24, 2.45) is 5.92 Å². The van der Waals surface area contributed by atoms with Crippen molar-refractivity contribution >= 4 is 5.69 Å². The second kappa shape index (κ2) is 6.77. The van der Waals surface area contributed by atoms with Crippen molar-refractivity contribution in [3.05, 3.63) is 29.3 Å². The molecule has 1 N–H and O–H groups in total. The Morgan fingerprint density at radius 1 is 1.24 bits per heavy atom. The number of nitrogens with zero attached hydrogens (tertiary/aromatic N) is 2. The monoisotopic (exact) mass is 290 g/mol. The summed E-state index contributed by atoms with van der Waals surface area (Å²) < 4.78 is 5.42. The Bertz CT molecular complexity index is 472. The van der Waals surface area contributed by atoms with E-state index in [4.69, 9.17) is 4.74 Å². The molecule has 2 aliphatic rings. The molecule has 4 nitrogen and oxygen atoms in total. The van der Waals surface area contributed by atoms with Gasteiger partial charge >= 0.3 is 0 Å². The highest BCUT2D eigenvalue weighted by Gasteiger charge is 2.22. The van der Waals surface area contributed by atoms with Crippen molar-refractivity contribution in [1.82, 2.24) is 4.90 Å². The predicted molar refractivity (Wildman–Crippen MR) is 84.7 cm³/mol. The van der Waals surface area contributed by atoms with Crippen LogP contribution in [-0.2, 0) is 11.3 Å². The molecule has 0 aromatic heterocycles. The van der Waals surface area contributed by atoms with Crippen molar-refractivity contribution in [2.75, 3.05) is 50.9 Å². The van der Waals surface area contributed by atoms with Gasteiger partial charge in [0.25, 0.3) is 0 Å². The molecule has 2 fully saturated rings. The van der Waals surface area contributed by atoms with E-state index in [1.54, 1.807) is 0 Å². The van der Waals surface area contributed by atoms with Crippen LogP contribution in [0.4, 0.5) is 5.69 Å². The summed E-state index contributed by atoms with van der Waals surface area (Å²) in [6.07, 6.45) is 1.13. The molecular weight excluding hydrogens is 264 g/mol. The largest absolute Gasteiger partial charge is 0.396 e. The maximum atomic E-state index is 9.24. The van der Waals surface area contributed by atoms with Crippen molar-refractivity contribution in [3.8, 4) is 0 Å². The van der Waals surface area contributed by atoms with E-state index in [2.05, 4.69) is 34.9 Å². The van der Waals surface area contributed by atoms with Crippen molar-refractivity contribution in [1.29, 1.82) is 0 Å². The first-order chi connectivity index (χ1) is 10.3. The van der Waals surface area contributed by atoms with Crippen LogP contribution >= 0.6 is 0 Å². The lowest BCUT2D eigenvalue weighted by Gasteiger charge is -2.29. The van der Waals surface area contributed by atoms with Crippen LogP contribution in [0.25, 0.3) is 0 Å². The minimum Gasteiger partial charge on any atom is -0.396 e. The number of aliphatic hydroxyl groups is 1. The molecule has 116 valence electrons. The van der Waals surface area contributed by atoms with Gasteiger partial charge in [0.15, 0.2) is 0 Å². The highest BCUT2D eigenvalue weighted by atomic mass is 16.5. The van der Waals surface area contributed by atoms with Crippen molar-refractivity contribution < 1.29 is 9.84 Å². The molecule has 0 saturated carbocycles. The molecule has 0 unspecified atom stereocenters. The fourth-order valence-electron chi connectivity index (χ4n) is 3.32. The summed E-state index contributed by atoms with van der Waals surface area (Å²) in [6, 6.07) is 6.82. The molecule has 3 rings (SSSR count). The van der Waals surface area contributed by atoms with E-state index in [0.29, 0.717) is 12.5 Å². The number of aryl methyl sites for hydroxylation is 1. The number of aliphatic hydroxyl groups excluding tert-OH is 1. The number of likely N-dealkylation sites (tertiary alicyclic amines) is 1. The van der Waals surface area contributed by atoms with Gasteiger partial charge in [-0.15, -0.1) is 0 Å². The smallest absolute Gasteiger partial charge is 0.0642 e. The summed E-state index contributed by atoms with van der Waals surface area (Å²) in [7, 11) is 0. The van der Waals surface area contributed by atoms with Crippen molar-refractivity contribution in [3.63, 3.8) is 0 Å². The molecule has 0 radical (unpaired) electrons. The van der Waals surface area contributed by atoms with Gasteiger partial charge in [-0.2, -0.15) is 0 Å². The lowest BCUT2D eigenvalue weighted by molar-refractivity contribution is 0.122. The van der Waals surface area contributed by atoms with Gasteiger partial charge in [0.05, 0.1) is 13.2 Å². The van der Waals surface area contributed by atoms with Gasteiger partial charge in [0.1, 0.15) is 0 Å². The maximum Gasteiger partial charge on any atom is 0.0642 e. The Morgan fingerprint density at radius 3 is 2.71 bits per heavy atom. The Kier molecular flexibility index (Phi) is 4.78. The minimum absolute atomic E-state index is 0.325. The third-order valence-corrected chi connectivity index (χ3v) is 4.72. The zero-order valence-corrected chi connectivity index (χ0v) is 12.9. The van der Waals surface area contributed by atoms with Crippen LogP contribution in [0.15, 0.2) is 18.2 Å². The number of hydrogen-bond acceptors (Lipinski definition) is 4. The number of hydrogen-bond donors (Lipinski definition) is 1. The second-order valence-electron chi connectivity index (χ2n) is 6.28. The minimum atomic E-state index is 0.325. The standard InChI is InChI=1S/C17H26N2O2/c1-14-10-17(19-6-8-21-9-7-19)3-2-16(14)12-18-5-4-15(11-18)13-20/h2-3,10,15,20H,4-9,11-13H2,1H3/t15-/m1/s1. The summed E-state index contributed by atoms with van der Waals surface area (Å²) >= 11 is 0. The lowest BCUT2D eigenvalue weighted by atomic mass is 10.1. The molecule has 0 spiro atoms. The molecule has 2 aliphatic heterocycles. The van der Waals surface area contributed by atoms with Gasteiger partial charge in [-0.1, -0.05) is 6.07 Å². The molecule has 2 saturated heterocycles. The lowest BCUT2D eigenvalue weighted by Crippen LogP contribution is -2.36. The number of benzene rings is 1. The van der Waals surface area contributed by atoms with Crippen molar-refractivity contribution in [2.45, 2.75) is 19.9 Å². The zero-order chi connectivity index (χ0) is 14.7. The van der Waals surface area contributed by atoms with E-state index in [0.717, 1.165) is 52.4 Å². The normalized spacial score (nSPS) is 23.7. The summed E-state index contributed by atoms with van der Waals surface area (Å²) in [5.74, 6) is 0.470. The summed E-state index contributed by atoms with van der Waals surface area (Å²) in [5, 5.41) is 9.24. The number of ether oxygens (including phenoxy) is 1. The van der Waals surface area contributed by atoms with Gasteiger partial charge in [-0.25, -0.2) is 0 Å². The van der Waals surface area contributed by atoms with E-state index < -0.39 is 0 Å². The average Bonchev–Trinajstić information content (AvgIpc) is 2.98. The first kappa shape index (κ1) is 14.8. The average molecular weight is 290 g/mol. The zero-order valence-electron chi connectivity index (χ0n) is 12.9. The van der Waals surface area contributed by atoms with Crippen LogP contribution < -0.4 is 4.90 Å². The molecule has 1 aromatic carbocycles. The molecule has 1 atom stereocenters. The summed E-state index contributed by atoms with van der Waals surface area (Å²) in [5.41, 5.74) is 4.09. The van der Waals surface area contributed by atoms with E-state index in [1.807, 2.05) is 0 Å². The SMILES string of the molecule is Cc1cc(N2CCOCC2)ccc1CN1CC[C@@H](CO)C1. The number of rotatable bonds is 4. The van der Waals surface area contributed by atoms with Crippen LogP contribution in [0.1, 0.15) is 17.5 Å². The topological polar surface area (TPSA) is 35.9 Å². The molecule has 0 aliphatic carbocycles. The van der Waals surface area contributed by atoms with E-state index in [-0.39, 0.29) is 0 Å². The Labute approximate surface area is 127 Å². The van der Waals surface area contributed by atoms with Crippen LogP contribution in [0.2, 0.25) is 0 Å². The molecule has 0 amide bonds. The summed E-state index contributed by atoms with van der Waals surface area (Å²) in [4.78, 5) is 4.86. The molecule has 0 bridgehead atoms. The molecule has 21 heavy (non-hydrogen) atoms. The maximum absolute atomic E-state index is 9.24. The van der Waals surface area contributed by atoms with Gasteiger partial charge in [-0.05, 0) is 49.1 Å². The molecule has 1 aromatic rings. The molecule has 2 heterocycles. The number of morpholine rings is 1. The fourth-order valence-corrected chi connectivity index (χ4v) is 3.32. The predicted octanol–water partition coefficient (Wildman–Crippen LogP) is 1.65. The van der Waals surface area contributed by atoms with Gasteiger partial charge in [0.2, 0.25) is 0 Å². The fraction of sp³-hybridized carbons (Fsp3) is 0.647. The molecular formula is C17H26N2O2. The molecule has 4 heteroatoms. The number of anilines is 1. The van der Waals surface area contributed by atoms with Crippen LogP contribution in [0.3, 0.4) is 0 Å². The van der Waals surface area contributed by atoms with Gasteiger partial charge in [-0.3, -0.25) is 4.90 Å². The highest BCUT2D eigenvalue weighted by Crippen LogP contribution is 2.23. The van der Waals surface area contributed by atoms with E-state index >= 15 is 0 Å². The Hall–Kier alpha value is -1.10. The van der Waals surface area contributed by atoms with Gasteiger partial charge in [0, 0.05) is 38.5 Å². The first-order valence-electron chi connectivity index (χ1n) is 8.01.